The van der Waals surface area contributed by atoms with Crippen LogP contribution in [0.15, 0.2) is 0 Å². The number of nitrogens with one attached hydrogen (secondary N) is 1. The molecule has 0 bridgehead atoms. The fourth-order valence-corrected chi connectivity index (χ4v) is 9.68. The van der Waals surface area contributed by atoms with Gasteiger partial charge in [0.15, 0.2) is 0 Å². The molecule has 0 aromatic carbocycles. The summed E-state index contributed by atoms with van der Waals surface area (Å²) >= 11 is 0. The molecule has 200 valence electrons. The summed E-state index contributed by atoms with van der Waals surface area (Å²) in [5.41, 5.74) is 6.42. The molecule has 9 atom stereocenters. The number of amides is 1. The molecule has 4 saturated carbocycles. The van der Waals surface area contributed by atoms with Gasteiger partial charge in [0.2, 0.25) is 5.91 Å². The van der Waals surface area contributed by atoms with Gasteiger partial charge in [0, 0.05) is 19.9 Å². The Labute approximate surface area is 214 Å². The first-order chi connectivity index (χ1) is 16.7. The van der Waals surface area contributed by atoms with Crippen molar-refractivity contribution in [2.45, 2.75) is 117 Å². The standard InChI is InChI=1S/C30H52N2O3/c1-20(7-12-28(34)32-18-6-5-17-31)25-10-11-26-24-9-8-22-19-23(35-21(2)33)13-15-29(22,3)27(24)14-16-30(25,26)4/h20,22-27H,5-19,31H2,1-4H3,(H,32,34)/t20-,22-,23-,24+,25-,26+,27+,29+,30-/m1/s1. The van der Waals surface area contributed by atoms with E-state index in [2.05, 4.69) is 26.1 Å². The molecule has 5 nitrogen and oxygen atoms in total. The highest BCUT2D eigenvalue weighted by atomic mass is 16.5. The first kappa shape index (κ1) is 26.9. The predicted molar refractivity (Wildman–Crippen MR) is 140 cm³/mol. The molecular weight excluding hydrogens is 436 g/mol. The molecule has 0 heterocycles. The fraction of sp³-hybridized carbons (Fsp3) is 0.933. The summed E-state index contributed by atoms with van der Waals surface area (Å²) < 4.78 is 5.65. The molecule has 35 heavy (non-hydrogen) atoms. The van der Waals surface area contributed by atoms with Gasteiger partial charge >= 0.3 is 5.97 Å². The van der Waals surface area contributed by atoms with Gasteiger partial charge in [-0.25, -0.2) is 0 Å². The van der Waals surface area contributed by atoms with Crippen LogP contribution in [0.2, 0.25) is 0 Å². The van der Waals surface area contributed by atoms with Crippen LogP contribution in [0.5, 0.6) is 0 Å². The smallest absolute Gasteiger partial charge is 0.302 e. The number of hydrogen-bond donors (Lipinski definition) is 2. The first-order valence-corrected chi connectivity index (χ1v) is 14.8. The lowest BCUT2D eigenvalue weighted by Crippen LogP contribution is -2.54. The van der Waals surface area contributed by atoms with Crippen molar-refractivity contribution >= 4 is 11.9 Å². The molecular formula is C30H52N2O3. The van der Waals surface area contributed by atoms with Crippen LogP contribution in [0.1, 0.15) is 111 Å². The van der Waals surface area contributed by atoms with E-state index in [-0.39, 0.29) is 18.0 Å². The minimum Gasteiger partial charge on any atom is -0.463 e. The second-order valence-corrected chi connectivity index (χ2v) is 13.3. The maximum Gasteiger partial charge on any atom is 0.302 e. The van der Waals surface area contributed by atoms with Gasteiger partial charge in [-0.1, -0.05) is 20.8 Å². The van der Waals surface area contributed by atoms with Crippen LogP contribution in [0.4, 0.5) is 0 Å². The molecule has 0 aromatic heterocycles. The number of esters is 1. The van der Waals surface area contributed by atoms with E-state index >= 15 is 0 Å². The van der Waals surface area contributed by atoms with Gasteiger partial charge in [-0.2, -0.15) is 0 Å². The van der Waals surface area contributed by atoms with Gasteiger partial charge in [0.05, 0.1) is 0 Å². The first-order valence-electron chi connectivity index (χ1n) is 14.8. The molecule has 0 spiro atoms. The highest BCUT2D eigenvalue weighted by Gasteiger charge is 2.60. The van der Waals surface area contributed by atoms with Crippen molar-refractivity contribution < 1.29 is 14.3 Å². The van der Waals surface area contributed by atoms with Crippen LogP contribution in [0.3, 0.4) is 0 Å². The van der Waals surface area contributed by atoms with Crippen LogP contribution in [0, 0.1) is 46.3 Å². The number of carbonyl (C=O) groups excluding carboxylic acids is 2. The molecule has 0 saturated heterocycles. The van der Waals surface area contributed by atoms with Crippen LogP contribution in [-0.4, -0.2) is 31.1 Å². The predicted octanol–water partition coefficient (Wildman–Crippen LogP) is 5.85. The van der Waals surface area contributed by atoms with Crippen molar-refractivity contribution in [3.63, 3.8) is 0 Å². The Morgan fingerprint density at radius 2 is 1.74 bits per heavy atom. The number of unbranched alkanes of at least 4 members (excludes halogenated alkanes) is 1. The molecule has 5 heteroatoms. The molecule has 0 aromatic rings. The van der Waals surface area contributed by atoms with E-state index in [1.807, 2.05) is 0 Å². The van der Waals surface area contributed by atoms with Gasteiger partial charge in [0.1, 0.15) is 6.10 Å². The molecule has 4 aliphatic rings. The maximum absolute atomic E-state index is 12.4. The summed E-state index contributed by atoms with van der Waals surface area (Å²) in [4.78, 5) is 23.9. The molecule has 4 aliphatic carbocycles. The fourth-order valence-electron chi connectivity index (χ4n) is 9.68. The van der Waals surface area contributed by atoms with E-state index in [1.54, 1.807) is 6.92 Å². The largest absolute Gasteiger partial charge is 0.463 e. The topological polar surface area (TPSA) is 81.4 Å². The molecule has 1 amide bonds. The second kappa shape index (κ2) is 11.1. The number of rotatable bonds is 9. The van der Waals surface area contributed by atoms with Crippen molar-refractivity contribution in [3.8, 4) is 0 Å². The van der Waals surface area contributed by atoms with Crippen molar-refractivity contribution in [2.24, 2.45) is 52.1 Å². The molecule has 3 N–H and O–H groups in total. The quantitative estimate of drug-likeness (QED) is 0.315. The Bertz CT molecular complexity index is 756. The highest BCUT2D eigenvalue weighted by Crippen LogP contribution is 2.68. The summed E-state index contributed by atoms with van der Waals surface area (Å²) in [5, 5.41) is 3.09. The Morgan fingerprint density at radius 3 is 2.49 bits per heavy atom. The van der Waals surface area contributed by atoms with E-state index in [4.69, 9.17) is 10.5 Å². The summed E-state index contributed by atoms with van der Waals surface area (Å²) in [6.45, 7) is 10.6. The minimum absolute atomic E-state index is 0.115. The Morgan fingerprint density at radius 1 is 1.00 bits per heavy atom. The second-order valence-electron chi connectivity index (χ2n) is 13.3. The third-order valence-electron chi connectivity index (χ3n) is 11.5. The average Bonchev–Trinajstić information content (AvgIpc) is 3.17. The zero-order valence-electron chi connectivity index (χ0n) is 23.0. The lowest BCUT2D eigenvalue weighted by atomic mass is 9.44. The zero-order valence-corrected chi connectivity index (χ0v) is 23.0. The normalized spacial score (nSPS) is 41.3. The average molecular weight is 489 g/mol. The van der Waals surface area contributed by atoms with Crippen LogP contribution in [-0.2, 0) is 14.3 Å². The third kappa shape index (κ3) is 5.45. The van der Waals surface area contributed by atoms with Crippen LogP contribution in [0.25, 0.3) is 0 Å². The molecule has 0 unspecified atom stereocenters. The minimum atomic E-state index is -0.115. The van der Waals surface area contributed by atoms with Crippen LogP contribution < -0.4 is 11.1 Å². The van der Waals surface area contributed by atoms with Crippen LogP contribution >= 0.6 is 0 Å². The molecule has 4 fully saturated rings. The SMILES string of the molecule is CC(=O)O[C@@H]1CC[C@@]2(C)[C@H](CC[C@@H]3[C@@H]2CC[C@]2(C)[C@@H]([C@H](C)CCC(=O)NCCCCN)CC[C@@H]32)C1. The van der Waals surface area contributed by atoms with Crippen molar-refractivity contribution in [1.29, 1.82) is 0 Å². The third-order valence-corrected chi connectivity index (χ3v) is 11.5. The lowest BCUT2D eigenvalue weighted by molar-refractivity contribution is -0.160. The summed E-state index contributed by atoms with van der Waals surface area (Å²) in [6, 6.07) is 0. The number of ether oxygens (including phenoxy) is 1. The van der Waals surface area contributed by atoms with Crippen molar-refractivity contribution in [1.82, 2.24) is 5.32 Å². The van der Waals surface area contributed by atoms with Gasteiger partial charge < -0.3 is 15.8 Å². The molecule has 0 aliphatic heterocycles. The number of hydrogen-bond acceptors (Lipinski definition) is 4. The summed E-state index contributed by atoms with van der Waals surface area (Å²) in [7, 11) is 0. The number of fused-ring (bicyclic) bond motifs is 5. The number of carbonyl (C=O) groups is 2. The Kier molecular flexibility index (Phi) is 8.55. The van der Waals surface area contributed by atoms with E-state index in [0.29, 0.717) is 35.6 Å². The Hall–Kier alpha value is -1.10. The van der Waals surface area contributed by atoms with Crippen molar-refractivity contribution in [3.05, 3.63) is 0 Å². The molecule has 4 rings (SSSR count). The summed E-state index contributed by atoms with van der Waals surface area (Å²) in [5.74, 6) is 4.73. The number of nitrogens with two attached hydrogens (primary N) is 1. The summed E-state index contributed by atoms with van der Waals surface area (Å²) in [6.07, 6.45) is 15.3. The van der Waals surface area contributed by atoms with E-state index in [1.165, 1.54) is 44.9 Å². The lowest BCUT2D eigenvalue weighted by Gasteiger charge is -2.61. The maximum atomic E-state index is 12.4. The Balaban J connectivity index is 1.34. The van der Waals surface area contributed by atoms with Crippen molar-refractivity contribution in [2.75, 3.05) is 13.1 Å². The van der Waals surface area contributed by atoms with E-state index < -0.39 is 0 Å². The monoisotopic (exact) mass is 488 g/mol. The van der Waals surface area contributed by atoms with Gasteiger partial charge in [-0.15, -0.1) is 0 Å². The van der Waals surface area contributed by atoms with E-state index in [0.717, 1.165) is 62.3 Å². The molecule has 0 radical (unpaired) electrons. The van der Waals surface area contributed by atoms with E-state index in [9.17, 15) is 9.59 Å². The van der Waals surface area contributed by atoms with Gasteiger partial charge in [-0.3, -0.25) is 9.59 Å². The zero-order chi connectivity index (χ0) is 25.2. The van der Waals surface area contributed by atoms with Gasteiger partial charge in [0.25, 0.3) is 0 Å². The van der Waals surface area contributed by atoms with Gasteiger partial charge in [-0.05, 0) is 130 Å². The highest BCUT2D eigenvalue weighted by molar-refractivity contribution is 5.75.